The molecule has 0 bridgehead atoms. The average Bonchev–Trinajstić information content (AvgIpc) is 2.36. The molecule has 1 heterocycles. The maximum absolute atomic E-state index is 5.99. The van der Waals surface area contributed by atoms with Crippen LogP contribution in [0.5, 0.6) is 0 Å². The summed E-state index contributed by atoms with van der Waals surface area (Å²) < 4.78 is 0. The van der Waals surface area contributed by atoms with Gasteiger partial charge in [-0.1, -0.05) is 0 Å². The summed E-state index contributed by atoms with van der Waals surface area (Å²) in [5, 5.41) is 7.91. The van der Waals surface area contributed by atoms with E-state index >= 15 is 0 Å². The lowest BCUT2D eigenvalue weighted by atomic mass is 10.0. The number of aromatic nitrogens is 2. The van der Waals surface area contributed by atoms with Crippen molar-refractivity contribution in [3.8, 4) is 11.3 Å². The minimum atomic E-state index is 0.404. The van der Waals surface area contributed by atoms with E-state index in [0.29, 0.717) is 5.82 Å². The largest absolute Gasteiger partial charge is 0.398 e. The van der Waals surface area contributed by atoms with Crippen molar-refractivity contribution in [2.75, 3.05) is 18.5 Å². The summed E-state index contributed by atoms with van der Waals surface area (Å²) in [6.07, 6.45) is 1.73. The molecule has 5 heteroatoms. The van der Waals surface area contributed by atoms with Gasteiger partial charge < -0.3 is 11.5 Å². The second-order valence-corrected chi connectivity index (χ2v) is 4.03. The van der Waals surface area contributed by atoms with Gasteiger partial charge in [0.2, 0.25) is 0 Å². The molecule has 0 fully saturated rings. The molecule has 1 aromatic carbocycles. The van der Waals surface area contributed by atoms with E-state index in [1.165, 1.54) is 0 Å². The van der Waals surface area contributed by atoms with Gasteiger partial charge in [-0.3, -0.25) is 4.99 Å². The van der Waals surface area contributed by atoms with Crippen LogP contribution in [0, 0.1) is 6.92 Å². The van der Waals surface area contributed by atoms with Crippen LogP contribution in [0.1, 0.15) is 11.1 Å². The Morgan fingerprint density at radius 2 is 1.94 bits per heavy atom. The molecule has 0 aliphatic heterocycles. The van der Waals surface area contributed by atoms with Crippen molar-refractivity contribution < 1.29 is 0 Å². The van der Waals surface area contributed by atoms with Crippen LogP contribution in [-0.2, 0) is 0 Å². The fourth-order valence-electron chi connectivity index (χ4n) is 1.72. The number of rotatable bonds is 2. The molecular weight excluding hydrogens is 226 g/mol. The highest BCUT2D eigenvalue weighted by molar-refractivity contribution is 5.90. The molecule has 18 heavy (non-hydrogen) atoms. The number of nitrogens with two attached hydrogens (primary N) is 2. The number of aliphatic imine (C=N–C) groups is 1. The zero-order valence-corrected chi connectivity index (χ0v) is 10.4. The van der Waals surface area contributed by atoms with Crippen molar-refractivity contribution in [1.29, 1.82) is 0 Å². The molecule has 0 aliphatic rings. The number of anilines is 2. The topological polar surface area (TPSA) is 90.2 Å². The van der Waals surface area contributed by atoms with Crippen LogP contribution in [0.3, 0.4) is 0 Å². The molecule has 0 spiro atoms. The van der Waals surface area contributed by atoms with Gasteiger partial charge in [0.1, 0.15) is 5.82 Å². The monoisotopic (exact) mass is 241 g/mol. The number of nitrogens with zero attached hydrogens (tertiary/aromatic N) is 3. The standard InChI is InChI=1S/C13H15N5/c1-8-5-9(6-10(7-16-2)13(8)15)11-3-4-12(14)18-17-11/h3-7H,15H2,1-2H3,(H2,14,18). The number of hydrogen-bond donors (Lipinski definition) is 2. The molecule has 0 unspecified atom stereocenters. The molecular formula is C13H15N5. The smallest absolute Gasteiger partial charge is 0.146 e. The van der Waals surface area contributed by atoms with Gasteiger partial charge in [-0.15, -0.1) is 10.2 Å². The lowest BCUT2D eigenvalue weighted by molar-refractivity contribution is 1.05. The van der Waals surface area contributed by atoms with Gasteiger partial charge >= 0.3 is 0 Å². The van der Waals surface area contributed by atoms with Crippen molar-refractivity contribution >= 4 is 17.7 Å². The first-order valence-electron chi connectivity index (χ1n) is 5.53. The molecule has 5 nitrogen and oxygen atoms in total. The van der Waals surface area contributed by atoms with E-state index in [4.69, 9.17) is 11.5 Å². The van der Waals surface area contributed by atoms with E-state index in [2.05, 4.69) is 15.2 Å². The summed E-state index contributed by atoms with van der Waals surface area (Å²) in [6.45, 7) is 1.95. The molecule has 92 valence electrons. The first kappa shape index (κ1) is 12.0. The van der Waals surface area contributed by atoms with Crippen LogP contribution < -0.4 is 11.5 Å². The summed E-state index contributed by atoms with van der Waals surface area (Å²) in [5.41, 5.74) is 15.8. The van der Waals surface area contributed by atoms with E-state index in [9.17, 15) is 0 Å². The van der Waals surface area contributed by atoms with E-state index in [0.717, 1.165) is 28.1 Å². The lowest BCUT2D eigenvalue weighted by Crippen LogP contribution is -1.99. The third kappa shape index (κ3) is 2.29. The minimum absolute atomic E-state index is 0.404. The fourth-order valence-corrected chi connectivity index (χ4v) is 1.72. The molecule has 2 aromatic rings. The third-order valence-corrected chi connectivity index (χ3v) is 2.67. The first-order chi connectivity index (χ1) is 8.61. The van der Waals surface area contributed by atoms with Gasteiger partial charge in [0.05, 0.1) is 5.69 Å². The Bertz CT molecular complexity index is 587. The van der Waals surface area contributed by atoms with Gasteiger partial charge in [0, 0.05) is 30.1 Å². The zero-order valence-electron chi connectivity index (χ0n) is 10.4. The molecule has 1 aromatic heterocycles. The molecule has 2 rings (SSSR count). The number of benzene rings is 1. The Morgan fingerprint density at radius 1 is 1.17 bits per heavy atom. The Kier molecular flexibility index (Phi) is 3.23. The fraction of sp³-hybridized carbons (Fsp3) is 0.154. The quantitative estimate of drug-likeness (QED) is 0.618. The van der Waals surface area contributed by atoms with Crippen LogP contribution in [0.2, 0.25) is 0 Å². The summed E-state index contributed by atoms with van der Waals surface area (Å²) in [6, 6.07) is 7.47. The highest BCUT2D eigenvalue weighted by atomic mass is 15.1. The van der Waals surface area contributed by atoms with Crippen LogP contribution in [-0.4, -0.2) is 23.5 Å². The normalized spacial score (nSPS) is 11.0. The summed E-state index contributed by atoms with van der Waals surface area (Å²) >= 11 is 0. The van der Waals surface area contributed by atoms with Crippen molar-refractivity contribution in [3.05, 3.63) is 35.4 Å². The number of aryl methyl sites for hydroxylation is 1. The van der Waals surface area contributed by atoms with Crippen molar-refractivity contribution in [2.45, 2.75) is 6.92 Å². The van der Waals surface area contributed by atoms with Crippen LogP contribution in [0.15, 0.2) is 29.3 Å². The molecule has 0 saturated carbocycles. The van der Waals surface area contributed by atoms with Crippen molar-refractivity contribution in [2.24, 2.45) is 4.99 Å². The molecule has 0 saturated heterocycles. The van der Waals surface area contributed by atoms with Gasteiger partial charge in [-0.2, -0.15) is 0 Å². The Hall–Kier alpha value is -2.43. The van der Waals surface area contributed by atoms with Crippen LogP contribution in [0.25, 0.3) is 11.3 Å². The summed E-state index contributed by atoms with van der Waals surface area (Å²) in [5.74, 6) is 0.404. The SMILES string of the molecule is CN=Cc1cc(-c2ccc(N)nn2)cc(C)c1N. The van der Waals surface area contributed by atoms with E-state index in [1.807, 2.05) is 25.1 Å². The zero-order chi connectivity index (χ0) is 13.1. The molecule has 0 atom stereocenters. The highest BCUT2D eigenvalue weighted by Gasteiger charge is 2.06. The molecule has 0 amide bonds. The van der Waals surface area contributed by atoms with Crippen LogP contribution in [0.4, 0.5) is 11.5 Å². The van der Waals surface area contributed by atoms with Gasteiger partial charge in [-0.25, -0.2) is 0 Å². The summed E-state index contributed by atoms with van der Waals surface area (Å²) in [7, 11) is 1.71. The average molecular weight is 241 g/mol. The maximum Gasteiger partial charge on any atom is 0.146 e. The minimum Gasteiger partial charge on any atom is -0.398 e. The predicted octanol–water partition coefficient (Wildman–Crippen LogP) is 1.67. The predicted molar refractivity (Wildman–Crippen MR) is 74.5 cm³/mol. The first-order valence-corrected chi connectivity index (χ1v) is 5.53. The Balaban J connectivity index is 2.55. The summed E-state index contributed by atoms with van der Waals surface area (Å²) in [4.78, 5) is 4.00. The van der Waals surface area contributed by atoms with Crippen molar-refractivity contribution in [1.82, 2.24) is 10.2 Å². The Morgan fingerprint density at radius 3 is 2.56 bits per heavy atom. The Labute approximate surface area is 106 Å². The third-order valence-electron chi connectivity index (χ3n) is 2.67. The van der Waals surface area contributed by atoms with E-state index in [-0.39, 0.29) is 0 Å². The van der Waals surface area contributed by atoms with E-state index in [1.54, 1.807) is 19.3 Å². The second kappa shape index (κ2) is 4.83. The molecule has 0 aliphatic carbocycles. The van der Waals surface area contributed by atoms with E-state index < -0.39 is 0 Å². The van der Waals surface area contributed by atoms with Crippen LogP contribution >= 0.6 is 0 Å². The number of hydrogen-bond acceptors (Lipinski definition) is 5. The second-order valence-electron chi connectivity index (χ2n) is 4.03. The lowest BCUT2D eigenvalue weighted by Gasteiger charge is -2.08. The highest BCUT2D eigenvalue weighted by Crippen LogP contribution is 2.24. The molecule has 0 radical (unpaired) electrons. The number of nitrogen functional groups attached to an aromatic ring is 2. The maximum atomic E-state index is 5.99. The van der Waals surface area contributed by atoms with Crippen molar-refractivity contribution in [3.63, 3.8) is 0 Å². The van der Waals surface area contributed by atoms with Gasteiger partial charge in [0.25, 0.3) is 0 Å². The van der Waals surface area contributed by atoms with Gasteiger partial charge in [-0.05, 0) is 36.8 Å². The van der Waals surface area contributed by atoms with Gasteiger partial charge in [0.15, 0.2) is 0 Å². The molecule has 4 N–H and O–H groups in total.